The molecule has 0 fully saturated rings. The molecular formula is C8H5NO3S. The highest BCUT2D eigenvalue weighted by molar-refractivity contribution is 7.13. The summed E-state index contributed by atoms with van der Waals surface area (Å²) in [5.74, 6) is -0.524. The third-order valence-corrected chi connectivity index (χ3v) is 2.50. The Morgan fingerprint density at radius 3 is 2.85 bits per heavy atom. The minimum absolute atomic E-state index is 0.240. The number of rotatable bonds is 0. The molecule has 13 heavy (non-hydrogen) atoms. The molecule has 0 radical (unpaired) electrons. The predicted molar refractivity (Wildman–Crippen MR) is 49.2 cm³/mol. The van der Waals surface area contributed by atoms with Crippen LogP contribution in [0, 0.1) is 0 Å². The molecule has 0 aliphatic carbocycles. The average Bonchev–Trinajstić information content (AvgIpc) is 2.12. The van der Waals surface area contributed by atoms with Gasteiger partial charge in [-0.1, -0.05) is 0 Å². The molecule has 2 aromatic rings. The summed E-state index contributed by atoms with van der Waals surface area (Å²) in [6, 6.07) is 2.75. The first-order valence-corrected chi connectivity index (χ1v) is 4.27. The lowest BCUT2D eigenvalue weighted by atomic mass is 10.2. The first-order valence-electron chi connectivity index (χ1n) is 3.50. The van der Waals surface area contributed by atoms with Gasteiger partial charge < -0.3 is 10.2 Å². The second-order valence-corrected chi connectivity index (χ2v) is 3.30. The van der Waals surface area contributed by atoms with E-state index in [0.717, 1.165) is 11.5 Å². The molecule has 0 saturated carbocycles. The van der Waals surface area contributed by atoms with Crippen molar-refractivity contribution in [3.05, 3.63) is 28.6 Å². The molecule has 5 heteroatoms. The van der Waals surface area contributed by atoms with Gasteiger partial charge in [0.05, 0.1) is 6.20 Å². The molecule has 1 aromatic carbocycles. The first-order chi connectivity index (χ1) is 6.20. The summed E-state index contributed by atoms with van der Waals surface area (Å²) in [4.78, 5) is 11.2. The molecule has 0 aliphatic rings. The molecule has 2 N–H and O–H groups in total. The minimum atomic E-state index is -0.285. The molecule has 0 spiro atoms. The Balaban J connectivity index is 3.03. The maximum absolute atomic E-state index is 11.2. The van der Waals surface area contributed by atoms with E-state index in [2.05, 4.69) is 4.37 Å². The van der Waals surface area contributed by atoms with Gasteiger partial charge in [-0.2, -0.15) is 4.37 Å². The van der Waals surface area contributed by atoms with Crippen LogP contribution in [0.1, 0.15) is 0 Å². The summed E-state index contributed by atoms with van der Waals surface area (Å²) in [5.41, 5.74) is -0.260. The van der Waals surface area contributed by atoms with E-state index in [9.17, 15) is 9.90 Å². The van der Waals surface area contributed by atoms with Crippen molar-refractivity contribution in [2.24, 2.45) is 0 Å². The summed E-state index contributed by atoms with van der Waals surface area (Å²) >= 11 is 0.972. The van der Waals surface area contributed by atoms with Gasteiger partial charge in [0.2, 0.25) is 5.43 Å². The lowest BCUT2D eigenvalue weighted by molar-refractivity contribution is 0.408. The number of aromatic hydroxyl groups is 2. The largest absolute Gasteiger partial charge is 0.504 e. The van der Waals surface area contributed by atoms with E-state index in [1.165, 1.54) is 18.3 Å². The van der Waals surface area contributed by atoms with Crippen LogP contribution < -0.4 is 5.43 Å². The SMILES string of the molecule is O=c1cnsc2c(O)c(O)ccc12. The zero-order valence-electron chi connectivity index (χ0n) is 6.39. The van der Waals surface area contributed by atoms with Gasteiger partial charge in [-0.25, -0.2) is 0 Å². The third kappa shape index (κ3) is 1.13. The zero-order valence-corrected chi connectivity index (χ0v) is 7.21. The summed E-state index contributed by atoms with van der Waals surface area (Å²) in [6.45, 7) is 0. The summed E-state index contributed by atoms with van der Waals surface area (Å²) in [6.07, 6.45) is 1.18. The fourth-order valence-corrected chi connectivity index (χ4v) is 1.76. The van der Waals surface area contributed by atoms with Gasteiger partial charge in [-0.3, -0.25) is 4.79 Å². The van der Waals surface area contributed by atoms with Gasteiger partial charge in [-0.05, 0) is 23.7 Å². The van der Waals surface area contributed by atoms with Crippen LogP contribution in [0.25, 0.3) is 10.1 Å². The van der Waals surface area contributed by atoms with E-state index in [-0.39, 0.29) is 16.9 Å². The van der Waals surface area contributed by atoms with Crippen molar-refractivity contribution in [3.63, 3.8) is 0 Å². The number of aromatic nitrogens is 1. The van der Waals surface area contributed by atoms with Crippen molar-refractivity contribution in [1.29, 1.82) is 0 Å². The van der Waals surface area contributed by atoms with E-state index < -0.39 is 0 Å². The molecule has 0 aliphatic heterocycles. The van der Waals surface area contributed by atoms with Crippen LogP contribution in [-0.2, 0) is 0 Å². The highest BCUT2D eigenvalue weighted by atomic mass is 32.1. The minimum Gasteiger partial charge on any atom is -0.504 e. The van der Waals surface area contributed by atoms with E-state index in [1.807, 2.05) is 0 Å². The lowest BCUT2D eigenvalue weighted by Gasteiger charge is -1.99. The Kier molecular flexibility index (Phi) is 1.66. The van der Waals surface area contributed by atoms with Gasteiger partial charge >= 0.3 is 0 Å². The number of phenols is 2. The molecular weight excluding hydrogens is 190 g/mol. The van der Waals surface area contributed by atoms with Gasteiger partial charge in [-0.15, -0.1) is 0 Å². The highest BCUT2D eigenvalue weighted by Gasteiger charge is 2.07. The molecule has 2 rings (SSSR count). The van der Waals surface area contributed by atoms with Crippen LogP contribution in [0.15, 0.2) is 23.1 Å². The van der Waals surface area contributed by atoms with Gasteiger partial charge in [0, 0.05) is 5.39 Å². The normalized spacial score (nSPS) is 10.5. The maximum atomic E-state index is 11.2. The Hall–Kier alpha value is -1.62. The second kappa shape index (κ2) is 2.70. The van der Waals surface area contributed by atoms with E-state index in [1.54, 1.807) is 0 Å². The molecule has 4 nitrogen and oxygen atoms in total. The number of phenolic OH excluding ortho intramolecular Hbond substituents is 2. The zero-order chi connectivity index (χ0) is 9.42. The molecule has 1 heterocycles. The first kappa shape index (κ1) is 8.00. The van der Waals surface area contributed by atoms with E-state index in [0.29, 0.717) is 10.1 Å². The molecule has 66 valence electrons. The summed E-state index contributed by atoms with van der Waals surface area (Å²) in [7, 11) is 0. The van der Waals surface area contributed by atoms with Crippen LogP contribution in [0.3, 0.4) is 0 Å². The monoisotopic (exact) mass is 195 g/mol. The average molecular weight is 195 g/mol. The quantitative estimate of drug-likeness (QED) is 0.617. The summed E-state index contributed by atoms with van der Waals surface area (Å²) < 4.78 is 3.98. The van der Waals surface area contributed by atoms with E-state index in [4.69, 9.17) is 5.11 Å². The van der Waals surface area contributed by atoms with Crippen molar-refractivity contribution in [2.45, 2.75) is 0 Å². The van der Waals surface area contributed by atoms with Crippen LogP contribution in [0.2, 0.25) is 0 Å². The van der Waals surface area contributed by atoms with Crippen molar-refractivity contribution >= 4 is 21.6 Å². The molecule has 0 saturated heterocycles. The van der Waals surface area contributed by atoms with Crippen molar-refractivity contribution < 1.29 is 10.2 Å². The fourth-order valence-electron chi connectivity index (χ4n) is 1.04. The smallest absolute Gasteiger partial charge is 0.206 e. The number of nitrogens with zero attached hydrogens (tertiary/aromatic N) is 1. The number of benzene rings is 1. The highest BCUT2D eigenvalue weighted by Crippen LogP contribution is 2.33. The van der Waals surface area contributed by atoms with Crippen LogP contribution in [-0.4, -0.2) is 14.6 Å². The second-order valence-electron chi connectivity index (χ2n) is 2.50. The number of hydrogen-bond donors (Lipinski definition) is 2. The van der Waals surface area contributed by atoms with Crippen molar-refractivity contribution in [2.75, 3.05) is 0 Å². The molecule has 0 unspecified atom stereocenters. The lowest BCUT2D eigenvalue weighted by Crippen LogP contribution is -1.98. The van der Waals surface area contributed by atoms with Crippen LogP contribution in [0.5, 0.6) is 11.5 Å². The third-order valence-electron chi connectivity index (χ3n) is 1.69. The topological polar surface area (TPSA) is 70.4 Å². The standard InChI is InChI=1S/C8H5NO3S/c10-5-2-1-4-6(11)3-9-13-8(4)7(5)12/h1-3,10,12H. The molecule has 1 aromatic heterocycles. The Morgan fingerprint density at radius 1 is 1.31 bits per heavy atom. The van der Waals surface area contributed by atoms with Crippen molar-refractivity contribution in [1.82, 2.24) is 4.37 Å². The molecule has 0 bridgehead atoms. The van der Waals surface area contributed by atoms with Gasteiger partial charge in [0.15, 0.2) is 11.5 Å². The predicted octanol–water partition coefficient (Wildman–Crippen LogP) is 1.07. The summed E-state index contributed by atoms with van der Waals surface area (Å²) in [5, 5.41) is 18.9. The van der Waals surface area contributed by atoms with Crippen LogP contribution >= 0.6 is 11.5 Å². The van der Waals surface area contributed by atoms with Gasteiger partial charge in [0.25, 0.3) is 0 Å². The van der Waals surface area contributed by atoms with Gasteiger partial charge in [0.1, 0.15) is 4.70 Å². The Labute approximate surface area is 76.9 Å². The van der Waals surface area contributed by atoms with Crippen LogP contribution in [0.4, 0.5) is 0 Å². The maximum Gasteiger partial charge on any atom is 0.206 e. The molecule has 0 atom stereocenters. The number of hydrogen-bond acceptors (Lipinski definition) is 5. The van der Waals surface area contributed by atoms with Crippen molar-refractivity contribution in [3.8, 4) is 11.5 Å². The Bertz CT molecular complexity index is 520. The Morgan fingerprint density at radius 2 is 2.08 bits per heavy atom. The van der Waals surface area contributed by atoms with E-state index >= 15 is 0 Å². The molecule has 0 amide bonds. The fraction of sp³-hybridized carbons (Fsp3) is 0. The number of fused-ring (bicyclic) bond motifs is 1.